The van der Waals surface area contributed by atoms with E-state index in [0.717, 1.165) is 5.56 Å². The van der Waals surface area contributed by atoms with E-state index < -0.39 is 5.91 Å². The van der Waals surface area contributed by atoms with Gasteiger partial charge in [-0.05, 0) is 24.6 Å². The van der Waals surface area contributed by atoms with Crippen LogP contribution < -0.4 is 14.8 Å². The molecule has 0 spiro atoms. The third-order valence-electron chi connectivity index (χ3n) is 3.44. The third-order valence-corrected chi connectivity index (χ3v) is 5.12. The number of rotatable bonds is 3. The van der Waals surface area contributed by atoms with Gasteiger partial charge in [-0.1, -0.05) is 52.5 Å². The van der Waals surface area contributed by atoms with Gasteiger partial charge in [0.1, 0.15) is 10.8 Å². The van der Waals surface area contributed by atoms with Crippen molar-refractivity contribution in [1.82, 2.24) is 10.3 Å². The second kappa shape index (κ2) is 6.84. The molecule has 0 bridgehead atoms. The van der Waals surface area contributed by atoms with Gasteiger partial charge in [-0.15, -0.1) is 0 Å². The predicted molar refractivity (Wildman–Crippen MR) is 92.7 cm³/mol. The topological polar surface area (TPSA) is 60.5 Å². The number of hydrogen-bond donors (Lipinski definition) is 1. The lowest BCUT2D eigenvalue weighted by molar-refractivity contribution is 0.0935. The molecule has 0 radical (unpaired) electrons. The summed E-state index contributed by atoms with van der Waals surface area (Å²) in [7, 11) is 0. The molecule has 1 N–H and O–H groups in total. The summed E-state index contributed by atoms with van der Waals surface area (Å²) in [5.74, 6) is 0.770. The number of carbonyl (C=O) groups excluding carboxylic acids is 1. The van der Waals surface area contributed by atoms with Crippen LogP contribution in [0.1, 0.15) is 29.0 Å². The summed E-state index contributed by atoms with van der Waals surface area (Å²) < 4.78 is 10.6. The Balaban J connectivity index is 1.82. The van der Waals surface area contributed by atoms with E-state index in [1.807, 2.05) is 13.0 Å². The van der Waals surface area contributed by atoms with E-state index >= 15 is 0 Å². The lowest BCUT2D eigenvalue weighted by Crippen LogP contribution is -2.28. The molecule has 0 fully saturated rings. The molecule has 1 aliphatic rings. The fourth-order valence-electron chi connectivity index (χ4n) is 2.17. The number of pyridine rings is 1. The van der Waals surface area contributed by atoms with Gasteiger partial charge in [0.25, 0.3) is 5.91 Å². The first-order valence-electron chi connectivity index (χ1n) is 6.79. The van der Waals surface area contributed by atoms with Crippen LogP contribution in [-0.2, 0) is 0 Å². The number of benzene rings is 1. The first kappa shape index (κ1) is 17.4. The maximum atomic E-state index is 12.4. The van der Waals surface area contributed by atoms with Crippen molar-refractivity contribution in [2.24, 2.45) is 0 Å². The minimum atomic E-state index is -0.523. The minimum Gasteiger partial charge on any atom is -0.454 e. The van der Waals surface area contributed by atoms with Crippen LogP contribution in [0.2, 0.25) is 20.2 Å². The number of ether oxygens (including phenoxy) is 2. The zero-order valence-corrected chi connectivity index (χ0v) is 15.2. The molecule has 1 aromatic heterocycles. The highest BCUT2D eigenvalue weighted by atomic mass is 35.5. The molecule has 5 nitrogen and oxygen atoms in total. The standard InChI is InChI=1S/C15H10Cl4N2O3/c1-6(7-2-3-8-9(4-7)24-5-23-8)20-15(22)13-11(17)10(16)12(18)14(19)21-13/h2-4,6H,5H2,1H3,(H,20,22)/t6-/m1/s1. The van der Waals surface area contributed by atoms with Crippen molar-refractivity contribution in [2.75, 3.05) is 6.79 Å². The SMILES string of the molecule is C[C@@H](NC(=O)c1nc(Cl)c(Cl)c(Cl)c1Cl)c1ccc2c(c1)OCO2. The van der Waals surface area contributed by atoms with Crippen molar-refractivity contribution in [3.8, 4) is 11.5 Å². The molecule has 24 heavy (non-hydrogen) atoms. The van der Waals surface area contributed by atoms with Gasteiger partial charge in [0.2, 0.25) is 6.79 Å². The van der Waals surface area contributed by atoms with Gasteiger partial charge in [-0.25, -0.2) is 4.98 Å². The Kier molecular flexibility index (Phi) is 4.97. The van der Waals surface area contributed by atoms with E-state index in [1.54, 1.807) is 12.1 Å². The van der Waals surface area contributed by atoms with Gasteiger partial charge in [-0.2, -0.15) is 0 Å². The molecule has 3 rings (SSSR count). The molecule has 126 valence electrons. The quantitative estimate of drug-likeness (QED) is 0.734. The predicted octanol–water partition coefficient (Wildman–Crippen LogP) is 4.91. The number of hydrogen-bond acceptors (Lipinski definition) is 4. The largest absolute Gasteiger partial charge is 0.454 e. The number of aromatic nitrogens is 1. The molecule has 0 aliphatic carbocycles. The Labute approximate surface area is 157 Å². The van der Waals surface area contributed by atoms with E-state index in [0.29, 0.717) is 11.5 Å². The summed E-state index contributed by atoms with van der Waals surface area (Å²) in [5, 5.41) is 2.62. The zero-order valence-electron chi connectivity index (χ0n) is 12.2. The summed E-state index contributed by atoms with van der Waals surface area (Å²) in [6.07, 6.45) is 0. The lowest BCUT2D eigenvalue weighted by Gasteiger charge is -2.15. The van der Waals surface area contributed by atoms with E-state index in [-0.39, 0.29) is 38.7 Å². The fraction of sp³-hybridized carbons (Fsp3) is 0.200. The number of nitrogens with one attached hydrogen (secondary N) is 1. The molecule has 1 aromatic carbocycles. The van der Waals surface area contributed by atoms with Crippen LogP contribution in [-0.4, -0.2) is 17.7 Å². The molecular weight excluding hydrogens is 398 g/mol. The first-order valence-corrected chi connectivity index (χ1v) is 8.30. The highest BCUT2D eigenvalue weighted by molar-refractivity contribution is 6.52. The van der Waals surface area contributed by atoms with Crippen LogP contribution in [0.4, 0.5) is 0 Å². The van der Waals surface area contributed by atoms with Gasteiger partial charge in [0, 0.05) is 0 Å². The number of carbonyl (C=O) groups is 1. The molecule has 1 atom stereocenters. The van der Waals surface area contributed by atoms with Crippen LogP contribution in [0.3, 0.4) is 0 Å². The number of fused-ring (bicyclic) bond motifs is 1. The summed E-state index contributed by atoms with van der Waals surface area (Å²) in [4.78, 5) is 16.3. The summed E-state index contributed by atoms with van der Waals surface area (Å²) >= 11 is 23.7. The van der Waals surface area contributed by atoms with Crippen molar-refractivity contribution in [1.29, 1.82) is 0 Å². The summed E-state index contributed by atoms with van der Waals surface area (Å²) in [6, 6.07) is 5.07. The second-order valence-corrected chi connectivity index (χ2v) is 6.49. The van der Waals surface area contributed by atoms with Gasteiger partial charge in [0.05, 0.1) is 21.1 Å². The summed E-state index contributed by atoms with van der Waals surface area (Å²) in [5.41, 5.74) is 0.735. The van der Waals surface area contributed by atoms with Crippen LogP contribution in [0.15, 0.2) is 18.2 Å². The Bertz CT molecular complexity index is 829. The average Bonchev–Trinajstić information content (AvgIpc) is 3.03. The van der Waals surface area contributed by atoms with E-state index in [1.165, 1.54) is 0 Å². The Morgan fingerprint density at radius 1 is 1.12 bits per heavy atom. The van der Waals surface area contributed by atoms with Crippen LogP contribution in [0.5, 0.6) is 11.5 Å². The van der Waals surface area contributed by atoms with Crippen molar-refractivity contribution in [2.45, 2.75) is 13.0 Å². The third kappa shape index (κ3) is 3.22. The highest BCUT2D eigenvalue weighted by Crippen LogP contribution is 2.37. The zero-order chi connectivity index (χ0) is 17.4. The second-order valence-electron chi connectivity index (χ2n) is 5.00. The summed E-state index contributed by atoms with van der Waals surface area (Å²) in [6.45, 7) is 1.99. The Morgan fingerprint density at radius 2 is 1.83 bits per heavy atom. The minimum absolute atomic E-state index is 0.00343. The molecule has 9 heteroatoms. The highest BCUT2D eigenvalue weighted by Gasteiger charge is 2.22. The molecule has 2 aromatic rings. The van der Waals surface area contributed by atoms with Crippen LogP contribution in [0, 0.1) is 0 Å². The van der Waals surface area contributed by atoms with Gasteiger partial charge < -0.3 is 14.8 Å². The van der Waals surface area contributed by atoms with E-state index in [4.69, 9.17) is 55.9 Å². The molecule has 2 heterocycles. The normalized spacial score (nSPS) is 13.7. The van der Waals surface area contributed by atoms with Crippen molar-refractivity contribution in [3.63, 3.8) is 0 Å². The Hall–Kier alpha value is -1.40. The van der Waals surface area contributed by atoms with E-state index in [9.17, 15) is 4.79 Å². The maximum absolute atomic E-state index is 12.4. The molecule has 0 unspecified atom stereocenters. The van der Waals surface area contributed by atoms with Crippen LogP contribution in [0.25, 0.3) is 0 Å². The smallest absolute Gasteiger partial charge is 0.272 e. The molecule has 1 aliphatic heterocycles. The molecular formula is C15H10Cl4N2O3. The number of nitrogens with zero attached hydrogens (tertiary/aromatic N) is 1. The van der Waals surface area contributed by atoms with Gasteiger partial charge in [-0.3, -0.25) is 4.79 Å². The molecule has 0 saturated heterocycles. The number of amides is 1. The van der Waals surface area contributed by atoms with Crippen molar-refractivity contribution in [3.05, 3.63) is 49.7 Å². The maximum Gasteiger partial charge on any atom is 0.272 e. The Morgan fingerprint density at radius 3 is 2.58 bits per heavy atom. The first-order chi connectivity index (χ1) is 11.4. The average molecular weight is 408 g/mol. The van der Waals surface area contributed by atoms with Gasteiger partial charge in [0.15, 0.2) is 11.5 Å². The van der Waals surface area contributed by atoms with Crippen molar-refractivity contribution >= 4 is 52.3 Å². The monoisotopic (exact) mass is 406 g/mol. The van der Waals surface area contributed by atoms with Crippen molar-refractivity contribution < 1.29 is 14.3 Å². The molecule has 0 saturated carbocycles. The van der Waals surface area contributed by atoms with Crippen LogP contribution >= 0.6 is 46.4 Å². The van der Waals surface area contributed by atoms with E-state index in [2.05, 4.69) is 10.3 Å². The number of halogens is 4. The van der Waals surface area contributed by atoms with Gasteiger partial charge >= 0.3 is 0 Å². The molecule has 1 amide bonds. The lowest BCUT2D eigenvalue weighted by atomic mass is 10.1. The fourth-order valence-corrected chi connectivity index (χ4v) is 2.98.